The Labute approximate surface area is 146 Å². The van der Waals surface area contributed by atoms with E-state index in [1.165, 1.54) is 0 Å². The predicted octanol–water partition coefficient (Wildman–Crippen LogP) is 0.0459. The van der Waals surface area contributed by atoms with Gasteiger partial charge in [0.05, 0.1) is 0 Å². The van der Waals surface area contributed by atoms with Crippen molar-refractivity contribution in [3.8, 4) is 0 Å². The van der Waals surface area contributed by atoms with E-state index in [0.717, 1.165) is 17.0 Å². The van der Waals surface area contributed by atoms with Crippen LogP contribution in [0, 0.1) is 56.0 Å². The van der Waals surface area contributed by atoms with Crippen molar-refractivity contribution in [3.63, 3.8) is 0 Å². The molecule has 0 spiro atoms. The third-order valence-corrected chi connectivity index (χ3v) is 6.01. The van der Waals surface area contributed by atoms with E-state index in [9.17, 15) is 10.2 Å². The number of nitrogens with one attached hydrogen (secondary N) is 1. The molecule has 1 aliphatic carbocycles. The van der Waals surface area contributed by atoms with Crippen LogP contribution in [0.3, 0.4) is 0 Å². The number of aliphatic hydroxyl groups is 2. The fourth-order valence-corrected chi connectivity index (χ4v) is 4.38. The van der Waals surface area contributed by atoms with Gasteiger partial charge >= 0.3 is 147 Å². The second-order valence-corrected chi connectivity index (χ2v) is 7.51. The molecule has 0 saturated heterocycles. The maximum absolute atomic E-state index is 10.2. The zero-order valence-corrected chi connectivity index (χ0v) is 20.0. The molecule has 0 radical (unpaired) electrons. The molecule has 1 aliphatic rings. The summed E-state index contributed by atoms with van der Waals surface area (Å²) in [6, 6.07) is -0.186. The number of anilines is 1. The van der Waals surface area contributed by atoms with Crippen molar-refractivity contribution in [2.75, 3.05) is 0.848 Å². The van der Waals surface area contributed by atoms with Crippen LogP contribution in [-0.2, 0) is 0 Å². The van der Waals surface area contributed by atoms with Crippen molar-refractivity contribution in [1.29, 1.82) is 0 Å². The van der Waals surface area contributed by atoms with Gasteiger partial charge in [-0.25, -0.2) is 0 Å². The average molecular weight is 489 g/mol. The molecule has 1 saturated carbocycles. The molecule has 104 valence electrons. The Morgan fingerprint density at radius 3 is 2.70 bits per heavy atom. The van der Waals surface area contributed by atoms with Crippen LogP contribution in [0.5, 0.6) is 0 Å². The summed E-state index contributed by atoms with van der Waals surface area (Å²) in [7, 11) is 0. The standard InChI is InChI=1S/C12H16N5O2.Ra.H/c1-5-3-7(10(19)9(5)18)17-4-14-8-11(13)15-6(2)16-12(8)17;;/h4-5,7,9-10,18-19H,3H2,1-2H3,(H-,13,15,16);;/q-1;+1;/t5-,7+,9+,10-;;/m0../s1. The molecule has 1 fully saturated rings. The number of nitrogens with zero attached hydrogens (tertiary/aromatic N) is 4. The minimum atomic E-state index is -0.781. The van der Waals surface area contributed by atoms with Crippen LogP contribution in [0.2, 0.25) is 0 Å². The fraction of sp³-hybridized carbons (Fsp3) is 0.583. The first-order chi connectivity index (χ1) is 9.52. The van der Waals surface area contributed by atoms with Gasteiger partial charge < -0.3 is 0 Å². The Bertz CT molecular complexity index is 646. The summed E-state index contributed by atoms with van der Waals surface area (Å²) in [5.74, 6) is 1.52. The van der Waals surface area contributed by atoms with Gasteiger partial charge in [-0.3, -0.25) is 0 Å². The number of aliphatic hydroxyl groups excluding tert-OH is 2. The quantitative estimate of drug-likeness (QED) is 0.552. The van der Waals surface area contributed by atoms with Crippen molar-refractivity contribution >= 4 is 17.0 Å². The monoisotopic (exact) mass is 489 g/mol. The fourth-order valence-electron chi connectivity index (χ4n) is 2.94. The van der Waals surface area contributed by atoms with Crippen LogP contribution >= 0.6 is 0 Å². The Hall–Kier alpha value is -0.262. The zero-order chi connectivity index (χ0) is 14.4. The van der Waals surface area contributed by atoms with Gasteiger partial charge in [0.15, 0.2) is 0 Å². The molecule has 0 aromatic carbocycles. The first-order valence-electron chi connectivity index (χ1n) is 6.78. The molecule has 2 aromatic rings. The number of aromatic nitrogens is 4. The SMILES string of the molecule is Cc1nc([NH][RaH])c2ncn([C@@H]3C[C@H](C)[C@@H](O)[C@H]3O)c2n1. The van der Waals surface area contributed by atoms with Crippen molar-refractivity contribution in [1.82, 2.24) is 19.5 Å². The molecule has 2 heterocycles. The summed E-state index contributed by atoms with van der Waals surface area (Å²) in [4.78, 5) is 13.2. The summed E-state index contributed by atoms with van der Waals surface area (Å²) in [5.41, 5.74) is 1.46. The van der Waals surface area contributed by atoms with E-state index in [-0.39, 0.29) is 55.2 Å². The second-order valence-electron chi connectivity index (χ2n) is 5.45. The van der Waals surface area contributed by atoms with E-state index >= 15 is 0 Å². The second kappa shape index (κ2) is 5.50. The van der Waals surface area contributed by atoms with Crippen molar-refractivity contribution < 1.29 is 53.4 Å². The number of rotatable bonds is 2. The molecule has 3 rings (SSSR count). The minimum absolute atomic E-state index is 0.0661. The molecule has 8 heteroatoms. The van der Waals surface area contributed by atoms with Gasteiger partial charge in [-0.2, -0.15) is 0 Å². The number of hydrogen-bond acceptors (Lipinski definition) is 6. The van der Waals surface area contributed by atoms with E-state index < -0.39 is 12.2 Å². The molecule has 0 bridgehead atoms. The van der Waals surface area contributed by atoms with Crippen LogP contribution in [0.1, 0.15) is 25.2 Å². The van der Waals surface area contributed by atoms with Gasteiger partial charge in [0.1, 0.15) is 0 Å². The Kier molecular flexibility index (Phi) is 4.03. The molecule has 0 unspecified atom stereocenters. The maximum atomic E-state index is 10.2. The van der Waals surface area contributed by atoms with Crippen molar-refractivity contribution in [2.24, 2.45) is 5.92 Å². The van der Waals surface area contributed by atoms with Crippen LogP contribution in [0.15, 0.2) is 6.33 Å². The molecule has 0 aliphatic heterocycles. The van der Waals surface area contributed by atoms with E-state index in [1.54, 1.807) is 6.33 Å². The van der Waals surface area contributed by atoms with Crippen LogP contribution in [0.4, 0.5) is 5.82 Å². The first kappa shape index (κ1) is 14.7. The van der Waals surface area contributed by atoms with Gasteiger partial charge in [0, 0.05) is 0 Å². The van der Waals surface area contributed by atoms with E-state index in [1.807, 2.05) is 18.4 Å². The molecule has 2 aromatic heterocycles. The summed E-state index contributed by atoms with van der Waals surface area (Å²) >= 11 is 0.111. The molecule has 3 N–H and O–H groups in total. The van der Waals surface area contributed by atoms with Crippen LogP contribution in [0.25, 0.3) is 11.2 Å². The normalized spacial score (nSPS) is 29.9. The van der Waals surface area contributed by atoms with Gasteiger partial charge in [0.25, 0.3) is 0 Å². The van der Waals surface area contributed by atoms with Gasteiger partial charge in [0.2, 0.25) is 0 Å². The van der Waals surface area contributed by atoms with Crippen molar-refractivity contribution in [3.05, 3.63) is 12.2 Å². The van der Waals surface area contributed by atoms with E-state index in [4.69, 9.17) is 0 Å². The van der Waals surface area contributed by atoms with Gasteiger partial charge in [-0.15, -0.1) is 0 Å². The molecule has 7 nitrogen and oxygen atoms in total. The van der Waals surface area contributed by atoms with E-state index in [0.29, 0.717) is 12.2 Å². The average Bonchev–Trinajstić information content (AvgIpc) is 2.94. The molecule has 4 atom stereocenters. The number of aryl methyl sites for hydroxylation is 1. The first-order valence-corrected chi connectivity index (χ1v) is 10.9. The third kappa shape index (κ3) is 2.27. The molecule has 0 amide bonds. The number of fused-ring (bicyclic) bond motifs is 1. The van der Waals surface area contributed by atoms with Gasteiger partial charge in [-0.05, 0) is 0 Å². The zero-order valence-electron chi connectivity index (χ0n) is 11.8. The molecular weight excluding hydrogens is 472 g/mol. The Balaban J connectivity index is 2.11. The molecular formula is C12H17N5O2Ra. The van der Waals surface area contributed by atoms with E-state index in [2.05, 4.69) is 15.8 Å². The summed E-state index contributed by atoms with van der Waals surface area (Å²) in [6.07, 6.45) is 0.931. The molecule has 20 heavy (non-hydrogen) atoms. The van der Waals surface area contributed by atoms with Gasteiger partial charge in [-0.1, -0.05) is 0 Å². The van der Waals surface area contributed by atoms with Crippen molar-refractivity contribution in [2.45, 2.75) is 38.5 Å². The summed E-state index contributed by atoms with van der Waals surface area (Å²) in [6.45, 7) is 3.79. The van der Waals surface area contributed by atoms with Crippen LogP contribution in [-0.4, -0.2) is 41.9 Å². The number of hydrogen-bond donors (Lipinski definition) is 3. The number of imidazole rings is 1. The topological polar surface area (TPSA) is 96.1 Å². The third-order valence-electron chi connectivity index (χ3n) is 4.07. The summed E-state index contributed by atoms with van der Waals surface area (Å²) in [5, 5.41) is 20.2. The van der Waals surface area contributed by atoms with Crippen LogP contribution < -0.4 is 0.848 Å². The summed E-state index contributed by atoms with van der Waals surface area (Å²) < 4.78 is 5.11. The Morgan fingerprint density at radius 1 is 1.35 bits per heavy atom. The Morgan fingerprint density at radius 2 is 2.10 bits per heavy atom. The predicted molar refractivity (Wildman–Crippen MR) is 69.9 cm³/mol.